The highest BCUT2D eigenvalue weighted by Gasteiger charge is 2.14. The lowest BCUT2D eigenvalue weighted by molar-refractivity contribution is -0.298. The van der Waals surface area contributed by atoms with Gasteiger partial charge in [-0.1, -0.05) is 6.07 Å². The van der Waals surface area contributed by atoms with Gasteiger partial charge in [0.2, 0.25) is 5.89 Å². The Morgan fingerprint density at radius 1 is 1.29 bits per heavy atom. The molecule has 0 amide bonds. The smallest absolute Gasteiger partial charge is 0.281 e. The van der Waals surface area contributed by atoms with E-state index in [1.807, 2.05) is 25.1 Å². The van der Waals surface area contributed by atoms with Crippen molar-refractivity contribution in [3.8, 4) is 0 Å². The lowest BCUT2D eigenvalue weighted by Gasteiger charge is -2.20. The molecule has 0 unspecified atom stereocenters. The van der Waals surface area contributed by atoms with Crippen LogP contribution in [0.2, 0.25) is 0 Å². The number of hydrogen-bond donors (Lipinski definition) is 0. The molecule has 1 aliphatic heterocycles. The molecule has 24 heavy (non-hydrogen) atoms. The molecule has 7 heteroatoms. The molecule has 0 radical (unpaired) electrons. The largest absolute Gasteiger partial charge is 0.544 e. The summed E-state index contributed by atoms with van der Waals surface area (Å²) in [5.41, 5.74) is 3.14. The van der Waals surface area contributed by atoms with Gasteiger partial charge in [0.25, 0.3) is 5.22 Å². The second kappa shape index (κ2) is 7.09. The number of aliphatic carboxylic acids is 1. The SMILES string of the molecule is Cc1nnc(S/C(=C/c2ccc(N3CCCC3)c(C)c2)C(=O)[O-])o1. The van der Waals surface area contributed by atoms with Crippen LogP contribution in [0.4, 0.5) is 5.69 Å². The predicted octanol–water partition coefficient (Wildman–Crippen LogP) is 2.17. The molecule has 2 heterocycles. The summed E-state index contributed by atoms with van der Waals surface area (Å²) >= 11 is 0.896. The molecular formula is C17H18N3O3S-. The van der Waals surface area contributed by atoms with Crippen molar-refractivity contribution in [2.75, 3.05) is 18.0 Å². The Balaban J connectivity index is 1.83. The van der Waals surface area contributed by atoms with Gasteiger partial charge in [0, 0.05) is 30.6 Å². The van der Waals surface area contributed by atoms with E-state index in [9.17, 15) is 9.90 Å². The van der Waals surface area contributed by atoms with Crippen molar-refractivity contribution in [3.63, 3.8) is 0 Å². The molecule has 1 aromatic carbocycles. The number of carbonyl (C=O) groups excluding carboxylic acids is 1. The monoisotopic (exact) mass is 344 g/mol. The van der Waals surface area contributed by atoms with E-state index in [1.165, 1.54) is 18.5 Å². The van der Waals surface area contributed by atoms with Crippen molar-refractivity contribution < 1.29 is 14.3 Å². The fraction of sp³-hybridized carbons (Fsp3) is 0.353. The maximum absolute atomic E-state index is 11.4. The van der Waals surface area contributed by atoms with Crippen molar-refractivity contribution in [3.05, 3.63) is 40.1 Å². The summed E-state index contributed by atoms with van der Waals surface area (Å²) < 4.78 is 5.21. The van der Waals surface area contributed by atoms with Crippen molar-refractivity contribution in [2.24, 2.45) is 0 Å². The van der Waals surface area contributed by atoms with Crippen molar-refractivity contribution in [2.45, 2.75) is 31.9 Å². The molecule has 126 valence electrons. The summed E-state index contributed by atoms with van der Waals surface area (Å²) in [4.78, 5) is 13.8. The third-order valence-electron chi connectivity index (χ3n) is 3.87. The number of rotatable bonds is 5. The second-order valence-corrected chi connectivity index (χ2v) is 6.72. The van der Waals surface area contributed by atoms with Crippen molar-refractivity contribution in [1.29, 1.82) is 0 Å². The number of carboxylic acids is 1. The van der Waals surface area contributed by atoms with Gasteiger partial charge in [0.15, 0.2) is 0 Å². The van der Waals surface area contributed by atoms with Gasteiger partial charge in [0.1, 0.15) is 0 Å². The Hall–Kier alpha value is -2.28. The van der Waals surface area contributed by atoms with Gasteiger partial charge in [-0.3, -0.25) is 0 Å². The minimum Gasteiger partial charge on any atom is -0.544 e. The van der Waals surface area contributed by atoms with E-state index in [2.05, 4.69) is 15.1 Å². The van der Waals surface area contributed by atoms with Crippen LogP contribution in [-0.4, -0.2) is 29.3 Å². The van der Waals surface area contributed by atoms with E-state index in [1.54, 1.807) is 13.0 Å². The number of thioether (sulfide) groups is 1. The zero-order chi connectivity index (χ0) is 17.1. The van der Waals surface area contributed by atoms with Gasteiger partial charge < -0.3 is 19.2 Å². The summed E-state index contributed by atoms with van der Waals surface area (Å²) in [5, 5.41) is 19.1. The quantitative estimate of drug-likeness (QED) is 0.607. The van der Waals surface area contributed by atoms with Crippen LogP contribution in [0, 0.1) is 13.8 Å². The molecule has 0 N–H and O–H groups in total. The number of carboxylic acid groups (broad SMARTS) is 1. The van der Waals surface area contributed by atoms with Gasteiger partial charge in [-0.25, -0.2) is 0 Å². The molecule has 1 fully saturated rings. The normalized spacial score (nSPS) is 15.1. The topological polar surface area (TPSA) is 82.3 Å². The highest BCUT2D eigenvalue weighted by molar-refractivity contribution is 8.03. The molecule has 2 aromatic rings. The average Bonchev–Trinajstić information content (AvgIpc) is 3.18. The van der Waals surface area contributed by atoms with Crippen LogP contribution in [0.1, 0.15) is 29.9 Å². The van der Waals surface area contributed by atoms with E-state index in [4.69, 9.17) is 4.42 Å². The van der Waals surface area contributed by atoms with Crippen LogP contribution in [0.5, 0.6) is 0 Å². The van der Waals surface area contributed by atoms with Crippen LogP contribution in [0.3, 0.4) is 0 Å². The van der Waals surface area contributed by atoms with Gasteiger partial charge in [-0.2, -0.15) is 0 Å². The van der Waals surface area contributed by atoms with Gasteiger partial charge in [0.05, 0.1) is 5.97 Å². The first kappa shape index (κ1) is 16.6. The molecule has 6 nitrogen and oxygen atoms in total. The zero-order valence-electron chi connectivity index (χ0n) is 13.6. The number of carbonyl (C=O) groups is 1. The van der Waals surface area contributed by atoms with Crippen LogP contribution >= 0.6 is 11.8 Å². The predicted molar refractivity (Wildman–Crippen MR) is 90.5 cm³/mol. The first-order valence-electron chi connectivity index (χ1n) is 7.79. The molecule has 1 aliphatic rings. The second-order valence-electron chi connectivity index (χ2n) is 5.73. The summed E-state index contributed by atoms with van der Waals surface area (Å²) in [6.45, 7) is 5.84. The number of benzene rings is 1. The van der Waals surface area contributed by atoms with Gasteiger partial charge in [-0.05, 0) is 60.9 Å². The van der Waals surface area contributed by atoms with Crippen LogP contribution in [-0.2, 0) is 4.79 Å². The summed E-state index contributed by atoms with van der Waals surface area (Å²) in [7, 11) is 0. The van der Waals surface area contributed by atoms with Crippen LogP contribution < -0.4 is 10.0 Å². The standard InChI is InChI=1S/C17H19N3O3S/c1-11-9-13(5-6-14(11)20-7-3-4-8-20)10-15(16(21)22)24-17-19-18-12(2)23-17/h5-6,9-10H,3-4,7-8H2,1-2H3,(H,21,22)/p-1/b15-10+. The Bertz CT molecular complexity index is 779. The van der Waals surface area contributed by atoms with Crippen LogP contribution in [0.15, 0.2) is 32.7 Å². The third-order valence-corrected chi connectivity index (χ3v) is 4.72. The van der Waals surface area contributed by atoms with Gasteiger partial charge in [-0.15, -0.1) is 10.2 Å². The molecule has 0 bridgehead atoms. The van der Waals surface area contributed by atoms with E-state index >= 15 is 0 Å². The lowest BCUT2D eigenvalue weighted by atomic mass is 10.1. The number of anilines is 1. The first-order chi connectivity index (χ1) is 11.5. The summed E-state index contributed by atoms with van der Waals surface area (Å²) in [5.74, 6) is -0.877. The average molecular weight is 344 g/mol. The number of nitrogens with zero attached hydrogens (tertiary/aromatic N) is 3. The number of aryl methyl sites for hydroxylation is 2. The van der Waals surface area contributed by atoms with E-state index in [0.29, 0.717) is 5.89 Å². The molecule has 0 aliphatic carbocycles. The Labute approximate surface area is 144 Å². The fourth-order valence-corrected chi connectivity index (χ4v) is 3.49. The minimum absolute atomic E-state index is 0.0342. The maximum Gasteiger partial charge on any atom is 0.281 e. The zero-order valence-corrected chi connectivity index (χ0v) is 14.4. The Morgan fingerprint density at radius 3 is 2.62 bits per heavy atom. The molecule has 0 spiro atoms. The molecule has 3 rings (SSSR count). The molecule has 1 aromatic heterocycles. The fourth-order valence-electron chi connectivity index (χ4n) is 2.78. The number of aromatic nitrogens is 2. The first-order valence-corrected chi connectivity index (χ1v) is 8.61. The van der Waals surface area contributed by atoms with Crippen molar-refractivity contribution in [1.82, 2.24) is 10.2 Å². The van der Waals surface area contributed by atoms with Gasteiger partial charge >= 0.3 is 0 Å². The number of hydrogen-bond acceptors (Lipinski definition) is 7. The van der Waals surface area contributed by atoms with E-state index in [-0.39, 0.29) is 10.1 Å². The van der Waals surface area contributed by atoms with E-state index in [0.717, 1.165) is 36.0 Å². The Kier molecular flexibility index (Phi) is 4.89. The highest BCUT2D eigenvalue weighted by Crippen LogP contribution is 2.29. The molecule has 0 saturated carbocycles. The molecule has 0 atom stereocenters. The third kappa shape index (κ3) is 3.79. The highest BCUT2D eigenvalue weighted by atomic mass is 32.2. The van der Waals surface area contributed by atoms with Crippen molar-refractivity contribution >= 4 is 29.5 Å². The van der Waals surface area contributed by atoms with E-state index < -0.39 is 5.97 Å². The minimum atomic E-state index is -1.27. The molecule has 1 saturated heterocycles. The maximum atomic E-state index is 11.4. The molecular weight excluding hydrogens is 326 g/mol. The summed E-state index contributed by atoms with van der Waals surface area (Å²) in [6.07, 6.45) is 4.01. The Morgan fingerprint density at radius 2 is 2.04 bits per heavy atom. The van der Waals surface area contributed by atoms with Crippen LogP contribution in [0.25, 0.3) is 6.08 Å². The summed E-state index contributed by atoms with van der Waals surface area (Å²) in [6, 6.07) is 5.94. The lowest BCUT2D eigenvalue weighted by Crippen LogP contribution is -2.23.